The fourth-order valence-electron chi connectivity index (χ4n) is 0.904. The van der Waals surface area contributed by atoms with Crippen molar-refractivity contribution in [3.8, 4) is 5.75 Å². The van der Waals surface area contributed by atoms with Crippen LogP contribution in [0.25, 0.3) is 0 Å². The van der Waals surface area contributed by atoms with Gasteiger partial charge in [0, 0.05) is 5.02 Å². The van der Waals surface area contributed by atoms with Crippen molar-refractivity contribution in [2.45, 2.75) is 13.8 Å². The first-order valence-electron chi connectivity index (χ1n) is 3.74. The molecule has 0 spiro atoms. The van der Waals surface area contributed by atoms with Crippen LogP contribution >= 0.6 is 23.2 Å². The van der Waals surface area contributed by atoms with Crippen LogP contribution < -0.4 is 4.74 Å². The molecule has 0 aliphatic rings. The Morgan fingerprint density at radius 3 is 2.58 bits per heavy atom. The van der Waals surface area contributed by atoms with Crippen molar-refractivity contribution >= 4 is 23.2 Å². The number of hydrogen-bond acceptors (Lipinski definition) is 1. The number of hydrogen-bond donors (Lipinski definition) is 0. The summed E-state index contributed by atoms with van der Waals surface area (Å²) >= 11 is 11.8. The molecule has 0 fully saturated rings. The molecule has 0 unspecified atom stereocenters. The van der Waals surface area contributed by atoms with Crippen LogP contribution in [0.3, 0.4) is 0 Å². The Balaban J connectivity index is 3.08. The van der Waals surface area contributed by atoms with E-state index in [2.05, 4.69) is 0 Å². The van der Waals surface area contributed by atoms with Gasteiger partial charge in [-0.15, -0.1) is 0 Å². The summed E-state index contributed by atoms with van der Waals surface area (Å²) < 4.78 is 5.28. The molecule has 0 heterocycles. The van der Waals surface area contributed by atoms with Crippen LogP contribution in [0.5, 0.6) is 5.75 Å². The zero-order chi connectivity index (χ0) is 9.14. The molecule has 0 aliphatic carbocycles. The van der Waals surface area contributed by atoms with Gasteiger partial charge in [-0.25, -0.2) is 0 Å². The Kier molecular flexibility index (Phi) is 3.24. The zero-order valence-electron chi connectivity index (χ0n) is 7.03. The lowest BCUT2D eigenvalue weighted by atomic mass is 10.2. The lowest BCUT2D eigenvalue weighted by molar-refractivity contribution is 0.340. The van der Waals surface area contributed by atoms with Gasteiger partial charge in [0.1, 0.15) is 5.75 Å². The fraction of sp³-hybridized carbons (Fsp3) is 0.333. The molecule has 1 aromatic rings. The predicted molar refractivity (Wildman–Crippen MR) is 52.4 cm³/mol. The van der Waals surface area contributed by atoms with E-state index >= 15 is 0 Å². The molecule has 3 heteroatoms. The third kappa shape index (κ3) is 1.85. The smallest absolute Gasteiger partial charge is 0.138 e. The van der Waals surface area contributed by atoms with Gasteiger partial charge in [-0.05, 0) is 31.5 Å². The third-order valence-corrected chi connectivity index (χ3v) is 2.46. The second kappa shape index (κ2) is 4.01. The van der Waals surface area contributed by atoms with Crippen molar-refractivity contribution in [1.29, 1.82) is 0 Å². The molecule has 0 atom stereocenters. The molecule has 1 rings (SSSR count). The summed E-state index contributed by atoms with van der Waals surface area (Å²) in [7, 11) is 0. The molecule has 1 nitrogen and oxygen atoms in total. The molecular weight excluding hydrogens is 195 g/mol. The molecule has 0 radical (unpaired) electrons. The lowest BCUT2D eigenvalue weighted by Gasteiger charge is -2.08. The van der Waals surface area contributed by atoms with Gasteiger partial charge in [0.05, 0.1) is 11.6 Å². The van der Waals surface area contributed by atoms with Crippen molar-refractivity contribution in [2.24, 2.45) is 0 Å². The van der Waals surface area contributed by atoms with Crippen LogP contribution in [-0.4, -0.2) is 6.61 Å². The van der Waals surface area contributed by atoms with Crippen LogP contribution in [0.15, 0.2) is 12.1 Å². The molecule has 1 aromatic carbocycles. The minimum atomic E-state index is 0.601. The SMILES string of the molecule is CCOc1ccc(Cl)c(C)c1Cl. The van der Waals surface area contributed by atoms with E-state index in [9.17, 15) is 0 Å². The van der Waals surface area contributed by atoms with Crippen LogP contribution in [0, 0.1) is 6.92 Å². The summed E-state index contributed by atoms with van der Waals surface area (Å²) in [5.74, 6) is 0.695. The Hall–Kier alpha value is -0.400. The molecule has 0 bridgehead atoms. The highest BCUT2D eigenvalue weighted by atomic mass is 35.5. The Morgan fingerprint density at radius 2 is 2.00 bits per heavy atom. The summed E-state index contributed by atoms with van der Waals surface area (Å²) in [4.78, 5) is 0. The van der Waals surface area contributed by atoms with Crippen LogP contribution in [0.1, 0.15) is 12.5 Å². The van der Waals surface area contributed by atoms with E-state index in [1.807, 2.05) is 13.8 Å². The van der Waals surface area contributed by atoms with Crippen LogP contribution in [0.2, 0.25) is 10.0 Å². The van der Waals surface area contributed by atoms with Gasteiger partial charge in [0.15, 0.2) is 0 Å². The molecule has 0 N–H and O–H groups in total. The first kappa shape index (κ1) is 9.69. The van der Waals surface area contributed by atoms with Crippen molar-refractivity contribution in [1.82, 2.24) is 0 Å². The molecule has 0 saturated carbocycles. The van der Waals surface area contributed by atoms with Gasteiger partial charge >= 0.3 is 0 Å². The highest BCUT2D eigenvalue weighted by Gasteiger charge is 2.06. The standard InChI is InChI=1S/C9H10Cl2O/c1-3-12-8-5-4-7(10)6(2)9(8)11/h4-5H,3H2,1-2H3. The number of rotatable bonds is 2. The van der Waals surface area contributed by atoms with E-state index in [-0.39, 0.29) is 0 Å². The van der Waals surface area contributed by atoms with Gasteiger partial charge in [-0.1, -0.05) is 23.2 Å². The fourth-order valence-corrected chi connectivity index (χ4v) is 1.33. The Bertz CT molecular complexity index is 284. The zero-order valence-corrected chi connectivity index (χ0v) is 8.54. The summed E-state index contributed by atoms with van der Waals surface area (Å²) in [6.45, 7) is 4.40. The van der Waals surface area contributed by atoms with E-state index in [4.69, 9.17) is 27.9 Å². The second-order valence-electron chi connectivity index (χ2n) is 2.42. The first-order chi connectivity index (χ1) is 5.66. The van der Waals surface area contributed by atoms with E-state index < -0.39 is 0 Å². The maximum atomic E-state index is 5.97. The minimum Gasteiger partial charge on any atom is -0.492 e. The van der Waals surface area contributed by atoms with Gasteiger partial charge in [0.2, 0.25) is 0 Å². The third-order valence-electron chi connectivity index (χ3n) is 1.58. The summed E-state index contributed by atoms with van der Waals surface area (Å²) in [6.07, 6.45) is 0. The van der Waals surface area contributed by atoms with Crippen LogP contribution in [0.4, 0.5) is 0 Å². The van der Waals surface area contributed by atoms with E-state index in [0.717, 1.165) is 5.56 Å². The highest BCUT2D eigenvalue weighted by molar-refractivity contribution is 6.36. The molecule has 0 amide bonds. The molecule has 0 aliphatic heterocycles. The topological polar surface area (TPSA) is 9.23 Å². The number of ether oxygens (including phenoxy) is 1. The predicted octanol–water partition coefficient (Wildman–Crippen LogP) is 3.70. The van der Waals surface area contributed by atoms with Crippen molar-refractivity contribution in [2.75, 3.05) is 6.61 Å². The molecule has 0 aromatic heterocycles. The maximum Gasteiger partial charge on any atom is 0.138 e. The normalized spacial score (nSPS) is 10.0. The average Bonchev–Trinajstić information content (AvgIpc) is 2.07. The monoisotopic (exact) mass is 204 g/mol. The van der Waals surface area contributed by atoms with Crippen LogP contribution in [-0.2, 0) is 0 Å². The van der Waals surface area contributed by atoms with Gasteiger partial charge in [-0.2, -0.15) is 0 Å². The summed E-state index contributed by atoms with van der Waals surface area (Å²) in [5, 5.41) is 1.27. The van der Waals surface area contributed by atoms with E-state index in [1.165, 1.54) is 0 Å². The number of benzene rings is 1. The molecule has 12 heavy (non-hydrogen) atoms. The number of halogens is 2. The molecule has 0 saturated heterocycles. The van der Waals surface area contributed by atoms with E-state index in [1.54, 1.807) is 12.1 Å². The van der Waals surface area contributed by atoms with Crippen molar-refractivity contribution in [3.63, 3.8) is 0 Å². The van der Waals surface area contributed by atoms with Gasteiger partial charge in [0.25, 0.3) is 0 Å². The van der Waals surface area contributed by atoms with E-state index in [0.29, 0.717) is 22.4 Å². The average molecular weight is 205 g/mol. The van der Waals surface area contributed by atoms with Gasteiger partial charge < -0.3 is 4.74 Å². The quantitative estimate of drug-likeness (QED) is 0.715. The minimum absolute atomic E-state index is 0.601. The maximum absolute atomic E-state index is 5.97. The lowest BCUT2D eigenvalue weighted by Crippen LogP contribution is -1.93. The Morgan fingerprint density at radius 1 is 1.33 bits per heavy atom. The molecule has 66 valence electrons. The molecular formula is C9H10Cl2O. The highest BCUT2D eigenvalue weighted by Crippen LogP contribution is 2.32. The largest absolute Gasteiger partial charge is 0.492 e. The Labute approximate surface area is 82.2 Å². The summed E-state index contributed by atoms with van der Waals surface area (Å²) in [5.41, 5.74) is 0.865. The second-order valence-corrected chi connectivity index (χ2v) is 3.20. The summed E-state index contributed by atoms with van der Waals surface area (Å²) in [6, 6.07) is 3.56. The van der Waals surface area contributed by atoms with Crippen molar-refractivity contribution in [3.05, 3.63) is 27.7 Å². The van der Waals surface area contributed by atoms with Crippen molar-refractivity contribution < 1.29 is 4.74 Å². The first-order valence-corrected chi connectivity index (χ1v) is 4.49. The van der Waals surface area contributed by atoms with Gasteiger partial charge in [-0.3, -0.25) is 0 Å².